The van der Waals surface area contributed by atoms with E-state index in [0.29, 0.717) is 31.0 Å². The minimum Gasteiger partial charge on any atom is -0.478 e. The van der Waals surface area contributed by atoms with E-state index < -0.39 is 12.0 Å². The highest BCUT2D eigenvalue weighted by atomic mass is 16.4. The minimum absolute atomic E-state index is 0.155. The van der Waals surface area contributed by atoms with E-state index in [4.69, 9.17) is 10.8 Å². The van der Waals surface area contributed by atoms with E-state index in [9.17, 15) is 14.4 Å². The zero-order valence-corrected chi connectivity index (χ0v) is 15.8. The topological polar surface area (TPSA) is 128 Å². The first-order valence-corrected chi connectivity index (χ1v) is 9.21. The van der Waals surface area contributed by atoms with E-state index in [2.05, 4.69) is 10.6 Å². The second-order valence-corrected chi connectivity index (χ2v) is 6.63. The summed E-state index contributed by atoms with van der Waals surface area (Å²) >= 11 is 0. The van der Waals surface area contributed by atoms with Gasteiger partial charge in [0.05, 0.1) is 11.3 Å². The van der Waals surface area contributed by atoms with Gasteiger partial charge in [-0.1, -0.05) is 18.2 Å². The predicted molar refractivity (Wildman–Crippen MR) is 108 cm³/mol. The molecule has 0 spiro atoms. The van der Waals surface area contributed by atoms with Crippen molar-refractivity contribution in [3.8, 4) is 0 Å². The lowest BCUT2D eigenvalue weighted by Crippen LogP contribution is -2.48. The van der Waals surface area contributed by atoms with E-state index in [1.54, 1.807) is 29.3 Å². The number of carbonyl (C=O) groups excluding carboxylic acids is 2. The lowest BCUT2D eigenvalue weighted by Gasteiger charge is -2.30. The van der Waals surface area contributed by atoms with E-state index in [1.807, 2.05) is 12.1 Å². The van der Waals surface area contributed by atoms with Gasteiger partial charge in [-0.15, -0.1) is 0 Å². The number of carbonyl (C=O) groups is 3. The van der Waals surface area contributed by atoms with Gasteiger partial charge < -0.3 is 21.5 Å². The van der Waals surface area contributed by atoms with Crippen LogP contribution >= 0.6 is 0 Å². The number of carboxylic acid groups (broad SMARTS) is 1. The summed E-state index contributed by atoms with van der Waals surface area (Å²) in [6, 6.07) is 13.1. The Labute approximate surface area is 168 Å². The third-order valence-corrected chi connectivity index (χ3v) is 4.54. The molecule has 1 heterocycles. The molecule has 0 aromatic heterocycles. The smallest absolute Gasteiger partial charge is 0.335 e. The van der Waals surface area contributed by atoms with Crippen molar-refractivity contribution >= 4 is 29.3 Å². The van der Waals surface area contributed by atoms with E-state index in [-0.39, 0.29) is 18.0 Å². The van der Waals surface area contributed by atoms with Crippen LogP contribution in [0.2, 0.25) is 0 Å². The number of rotatable bonds is 6. The van der Waals surface area contributed by atoms with Gasteiger partial charge in [0.1, 0.15) is 6.54 Å². The molecule has 1 fully saturated rings. The van der Waals surface area contributed by atoms with Crippen molar-refractivity contribution < 1.29 is 19.5 Å². The van der Waals surface area contributed by atoms with Gasteiger partial charge in [0.15, 0.2) is 0 Å². The number of anilines is 2. The van der Waals surface area contributed by atoms with Crippen LogP contribution in [0.4, 0.5) is 16.2 Å². The molecule has 29 heavy (non-hydrogen) atoms. The Morgan fingerprint density at radius 1 is 1.03 bits per heavy atom. The van der Waals surface area contributed by atoms with Crippen molar-refractivity contribution in [1.29, 1.82) is 0 Å². The van der Waals surface area contributed by atoms with Gasteiger partial charge in [0.2, 0.25) is 0 Å². The van der Waals surface area contributed by atoms with Gasteiger partial charge in [-0.25, -0.2) is 9.59 Å². The molecule has 2 aromatic carbocycles. The summed E-state index contributed by atoms with van der Waals surface area (Å²) in [5.41, 5.74) is 7.95. The summed E-state index contributed by atoms with van der Waals surface area (Å²) in [5.74, 6) is -1.30. The van der Waals surface area contributed by atoms with Crippen LogP contribution in [0.25, 0.3) is 0 Å². The number of urea groups is 1. The normalized spacial score (nSPS) is 13.2. The number of hydrogen-bond acceptors (Lipinski definition) is 5. The number of nitrogens with zero attached hydrogens (tertiary/aromatic N) is 2. The molecule has 0 aliphatic carbocycles. The van der Waals surface area contributed by atoms with Crippen molar-refractivity contribution in [2.45, 2.75) is 13.0 Å². The zero-order valence-electron chi connectivity index (χ0n) is 15.8. The minimum atomic E-state index is -1.02. The first-order chi connectivity index (χ1) is 13.9. The Bertz CT molecular complexity index is 900. The average Bonchev–Trinajstić information content (AvgIpc) is 3.21. The first-order valence-electron chi connectivity index (χ1n) is 9.21. The number of nitrogens with one attached hydrogen (secondary N) is 2. The van der Waals surface area contributed by atoms with Crippen LogP contribution in [0.15, 0.2) is 48.5 Å². The summed E-state index contributed by atoms with van der Waals surface area (Å²) < 4.78 is 0. The second kappa shape index (κ2) is 8.96. The highest BCUT2D eigenvalue weighted by molar-refractivity contribution is 5.89. The lowest BCUT2D eigenvalue weighted by molar-refractivity contribution is -0.129. The second-order valence-electron chi connectivity index (χ2n) is 6.63. The number of benzene rings is 2. The molecule has 0 saturated carbocycles. The summed E-state index contributed by atoms with van der Waals surface area (Å²) in [6.07, 6.45) is 0.756. The van der Waals surface area contributed by atoms with Crippen LogP contribution in [-0.4, -0.2) is 47.7 Å². The summed E-state index contributed by atoms with van der Waals surface area (Å²) in [6.45, 7) is 1.25. The van der Waals surface area contributed by atoms with Crippen molar-refractivity contribution in [3.63, 3.8) is 0 Å². The van der Waals surface area contributed by atoms with Crippen LogP contribution < -0.4 is 21.4 Å². The molecule has 3 amide bonds. The van der Waals surface area contributed by atoms with Crippen molar-refractivity contribution in [3.05, 3.63) is 59.7 Å². The number of nitrogens with two attached hydrogens (primary N) is 1. The molecular formula is C20H23N5O4. The van der Waals surface area contributed by atoms with Crippen LogP contribution in [0.5, 0.6) is 0 Å². The van der Waals surface area contributed by atoms with Gasteiger partial charge in [-0.3, -0.25) is 14.8 Å². The van der Waals surface area contributed by atoms with E-state index >= 15 is 0 Å². The zero-order chi connectivity index (χ0) is 20.8. The highest BCUT2D eigenvalue weighted by Crippen LogP contribution is 2.23. The quantitative estimate of drug-likeness (QED) is 0.546. The molecule has 0 radical (unpaired) electrons. The number of aromatic carboxylic acids is 1. The molecule has 2 aromatic rings. The third-order valence-electron chi connectivity index (χ3n) is 4.54. The summed E-state index contributed by atoms with van der Waals surface area (Å²) in [5, 5.41) is 17.7. The number of hydrogen-bond donors (Lipinski definition) is 4. The van der Waals surface area contributed by atoms with Crippen LogP contribution in [0, 0.1) is 0 Å². The molecule has 0 unspecified atom stereocenters. The Morgan fingerprint density at radius 2 is 1.79 bits per heavy atom. The van der Waals surface area contributed by atoms with Gasteiger partial charge in [-0.05, 0) is 42.3 Å². The van der Waals surface area contributed by atoms with Crippen LogP contribution in [-0.2, 0) is 11.3 Å². The summed E-state index contributed by atoms with van der Waals surface area (Å²) in [4.78, 5) is 35.7. The molecule has 1 aliphatic rings. The Kier molecular flexibility index (Phi) is 6.18. The van der Waals surface area contributed by atoms with Gasteiger partial charge in [0.25, 0.3) is 5.91 Å². The molecule has 9 nitrogen and oxygen atoms in total. The number of nitrogen functional groups attached to an aromatic ring is 1. The Hall–Kier alpha value is -3.75. The molecule has 3 rings (SSSR count). The molecule has 152 valence electrons. The molecule has 1 saturated heterocycles. The van der Waals surface area contributed by atoms with Crippen molar-refractivity contribution in [1.82, 2.24) is 15.6 Å². The maximum atomic E-state index is 12.6. The first kappa shape index (κ1) is 20.0. The average molecular weight is 397 g/mol. The Balaban J connectivity index is 1.52. The fourth-order valence-electron chi connectivity index (χ4n) is 3.07. The van der Waals surface area contributed by atoms with Crippen LogP contribution in [0.1, 0.15) is 22.3 Å². The maximum Gasteiger partial charge on any atom is 0.335 e. The van der Waals surface area contributed by atoms with Crippen LogP contribution in [0.3, 0.4) is 0 Å². The van der Waals surface area contributed by atoms with Crippen molar-refractivity contribution in [2.24, 2.45) is 0 Å². The number of amides is 3. The Morgan fingerprint density at radius 3 is 2.52 bits per heavy atom. The monoisotopic (exact) mass is 397 g/mol. The van der Waals surface area contributed by atoms with Crippen molar-refractivity contribution in [2.75, 3.05) is 30.4 Å². The fourth-order valence-corrected chi connectivity index (χ4v) is 3.07. The number of hydrazine groups is 1. The lowest BCUT2D eigenvalue weighted by atomic mass is 10.2. The largest absolute Gasteiger partial charge is 0.478 e. The molecule has 0 bridgehead atoms. The standard InChI is InChI=1S/C20H23N5O4/c21-16-7-5-14(6-8-16)12-22-20(29)23-13-18(26)25-10-2-9-24(25)17-4-1-3-15(11-17)19(27)28/h1,3-8,11H,2,9-10,12-13,21H2,(H,27,28)(H2,22,23,29). The van der Waals surface area contributed by atoms with E-state index in [0.717, 1.165) is 12.0 Å². The SMILES string of the molecule is Nc1ccc(CNC(=O)NCC(=O)N2CCCN2c2cccc(C(=O)O)c2)cc1. The molecule has 0 atom stereocenters. The van der Waals surface area contributed by atoms with Gasteiger partial charge >= 0.3 is 12.0 Å². The van der Waals surface area contributed by atoms with Gasteiger partial charge in [0, 0.05) is 25.3 Å². The maximum absolute atomic E-state index is 12.6. The molecular weight excluding hydrogens is 374 g/mol. The van der Waals surface area contributed by atoms with Gasteiger partial charge in [-0.2, -0.15) is 0 Å². The van der Waals surface area contributed by atoms with E-state index in [1.165, 1.54) is 17.1 Å². The summed E-state index contributed by atoms with van der Waals surface area (Å²) in [7, 11) is 0. The number of carboxylic acids is 1. The molecule has 5 N–H and O–H groups in total. The fraction of sp³-hybridized carbons (Fsp3) is 0.250. The molecule has 9 heteroatoms. The third kappa shape index (κ3) is 5.16. The molecule has 1 aliphatic heterocycles. The highest BCUT2D eigenvalue weighted by Gasteiger charge is 2.27. The predicted octanol–water partition coefficient (Wildman–Crippen LogP) is 1.42.